The van der Waals surface area contributed by atoms with Crippen LogP contribution < -0.4 is 11.0 Å². The molecule has 4 N–H and O–H groups in total. The lowest BCUT2D eigenvalue weighted by molar-refractivity contribution is -0.157. The van der Waals surface area contributed by atoms with Crippen LogP contribution in [0.15, 0.2) is 29.1 Å². The third-order valence-electron chi connectivity index (χ3n) is 4.67. The standard InChI is InChI=1S/C18H25N5O3/c1-13-4-2-5-14(10-13)11-23-9-3-7-18(26,16(23)24)12-19-8-6-15-20-17(25)22-21-15/h2,4-5,10,19,26H,3,6-9,11-12H2,1H3,(H2,20,21,22,25)/t18-/m0/s1. The summed E-state index contributed by atoms with van der Waals surface area (Å²) in [5.41, 5.74) is 0.493. The van der Waals surface area contributed by atoms with Gasteiger partial charge in [-0.15, -0.1) is 0 Å². The molecule has 0 radical (unpaired) electrons. The molecular weight excluding hydrogens is 334 g/mol. The molecule has 1 aliphatic rings. The number of hydrogen-bond donors (Lipinski definition) is 4. The van der Waals surface area contributed by atoms with Crippen molar-refractivity contribution >= 4 is 5.91 Å². The van der Waals surface area contributed by atoms with Crippen LogP contribution in [0, 0.1) is 6.92 Å². The maximum atomic E-state index is 12.8. The van der Waals surface area contributed by atoms with Gasteiger partial charge in [0.15, 0.2) is 5.60 Å². The number of aliphatic hydroxyl groups is 1. The van der Waals surface area contributed by atoms with E-state index in [-0.39, 0.29) is 18.1 Å². The van der Waals surface area contributed by atoms with Crippen LogP contribution in [0.4, 0.5) is 0 Å². The molecule has 2 aromatic rings. The van der Waals surface area contributed by atoms with E-state index in [1.165, 1.54) is 0 Å². The van der Waals surface area contributed by atoms with E-state index in [4.69, 9.17) is 0 Å². The molecule has 0 spiro atoms. The SMILES string of the molecule is Cc1cccc(CN2CCC[C@](O)(CNCCc3n[nH]c(=O)[nH]3)C2=O)c1. The van der Waals surface area contributed by atoms with Crippen molar-refractivity contribution in [3.05, 3.63) is 51.7 Å². The van der Waals surface area contributed by atoms with Gasteiger partial charge in [0.1, 0.15) is 5.82 Å². The number of H-pyrrole nitrogens is 2. The molecule has 1 atom stereocenters. The van der Waals surface area contributed by atoms with Crippen LogP contribution in [-0.4, -0.2) is 56.3 Å². The lowest BCUT2D eigenvalue weighted by Gasteiger charge is -2.38. The van der Waals surface area contributed by atoms with Gasteiger partial charge in [0, 0.05) is 32.6 Å². The first-order chi connectivity index (χ1) is 12.5. The highest BCUT2D eigenvalue weighted by molar-refractivity contribution is 5.86. The molecule has 8 nitrogen and oxygen atoms in total. The third-order valence-corrected chi connectivity index (χ3v) is 4.67. The summed E-state index contributed by atoms with van der Waals surface area (Å²) in [4.78, 5) is 28.1. The quantitative estimate of drug-likeness (QED) is 0.523. The third kappa shape index (κ3) is 4.39. The fraction of sp³-hybridized carbons (Fsp3) is 0.500. The number of carbonyl (C=O) groups excluding carboxylic acids is 1. The Morgan fingerprint density at radius 3 is 2.96 bits per heavy atom. The van der Waals surface area contributed by atoms with Crippen LogP contribution in [0.5, 0.6) is 0 Å². The van der Waals surface area contributed by atoms with Gasteiger partial charge in [-0.1, -0.05) is 29.8 Å². The summed E-state index contributed by atoms with van der Waals surface area (Å²) in [6.45, 7) is 3.88. The molecule has 1 aromatic heterocycles. The summed E-state index contributed by atoms with van der Waals surface area (Å²) in [5.74, 6) is 0.316. The van der Waals surface area contributed by atoms with E-state index in [1.807, 2.05) is 25.1 Å². The summed E-state index contributed by atoms with van der Waals surface area (Å²) in [5, 5.41) is 20.0. The Kier molecular flexibility index (Phi) is 5.53. The molecule has 140 valence electrons. The molecule has 2 heterocycles. The monoisotopic (exact) mass is 359 g/mol. The fourth-order valence-corrected chi connectivity index (χ4v) is 3.34. The number of nitrogens with one attached hydrogen (secondary N) is 3. The molecular formula is C18H25N5O3. The highest BCUT2D eigenvalue weighted by Crippen LogP contribution is 2.24. The second kappa shape index (κ2) is 7.84. The van der Waals surface area contributed by atoms with E-state index >= 15 is 0 Å². The molecule has 3 rings (SSSR count). The van der Waals surface area contributed by atoms with Gasteiger partial charge in [-0.3, -0.25) is 9.78 Å². The van der Waals surface area contributed by atoms with Gasteiger partial charge >= 0.3 is 5.69 Å². The molecule has 8 heteroatoms. The van der Waals surface area contributed by atoms with Crippen molar-refractivity contribution in [1.29, 1.82) is 0 Å². The van der Waals surface area contributed by atoms with Crippen LogP contribution in [-0.2, 0) is 17.8 Å². The Balaban J connectivity index is 1.54. The minimum absolute atomic E-state index is 0.185. The summed E-state index contributed by atoms with van der Waals surface area (Å²) in [6.07, 6.45) is 1.72. The molecule has 1 aromatic carbocycles. The van der Waals surface area contributed by atoms with Gasteiger partial charge in [-0.05, 0) is 25.3 Å². The van der Waals surface area contributed by atoms with Gasteiger partial charge < -0.3 is 15.3 Å². The summed E-state index contributed by atoms with van der Waals surface area (Å²) < 4.78 is 0. The number of likely N-dealkylation sites (tertiary alicyclic amines) is 1. The number of amides is 1. The average Bonchev–Trinajstić information content (AvgIpc) is 3.02. The van der Waals surface area contributed by atoms with Gasteiger partial charge in [0.2, 0.25) is 0 Å². The summed E-state index contributed by atoms with van der Waals surface area (Å²) in [7, 11) is 0. The average molecular weight is 359 g/mol. The van der Waals surface area contributed by atoms with Gasteiger partial charge in [-0.2, -0.15) is 5.10 Å². The number of hydrogen-bond acceptors (Lipinski definition) is 5. The van der Waals surface area contributed by atoms with E-state index in [9.17, 15) is 14.7 Å². The number of piperidine rings is 1. The van der Waals surface area contributed by atoms with Crippen molar-refractivity contribution in [2.24, 2.45) is 0 Å². The minimum atomic E-state index is -1.39. The van der Waals surface area contributed by atoms with E-state index in [1.54, 1.807) is 4.90 Å². The minimum Gasteiger partial charge on any atom is -0.379 e. The lowest BCUT2D eigenvalue weighted by Crippen LogP contribution is -2.57. The molecule has 0 unspecified atom stereocenters. The number of aryl methyl sites for hydroxylation is 1. The van der Waals surface area contributed by atoms with Crippen LogP contribution in [0.25, 0.3) is 0 Å². The van der Waals surface area contributed by atoms with Gasteiger partial charge in [0.05, 0.1) is 0 Å². The molecule has 1 fully saturated rings. The first-order valence-corrected chi connectivity index (χ1v) is 8.88. The van der Waals surface area contributed by atoms with Crippen LogP contribution in [0.2, 0.25) is 0 Å². The number of nitrogens with zero attached hydrogens (tertiary/aromatic N) is 2. The zero-order valence-electron chi connectivity index (χ0n) is 14.9. The zero-order chi connectivity index (χ0) is 18.6. The van der Waals surface area contributed by atoms with Crippen LogP contribution >= 0.6 is 0 Å². The van der Waals surface area contributed by atoms with Crippen molar-refractivity contribution in [2.45, 2.75) is 38.3 Å². The summed E-state index contributed by atoms with van der Waals surface area (Å²) in [6, 6.07) is 8.06. The van der Waals surface area contributed by atoms with Gasteiger partial charge in [0.25, 0.3) is 5.91 Å². The maximum Gasteiger partial charge on any atom is 0.340 e. The molecule has 0 bridgehead atoms. The van der Waals surface area contributed by atoms with Crippen molar-refractivity contribution in [3.8, 4) is 0 Å². The second-order valence-corrected chi connectivity index (χ2v) is 6.90. The molecule has 26 heavy (non-hydrogen) atoms. The number of benzene rings is 1. The molecule has 1 amide bonds. The zero-order valence-corrected chi connectivity index (χ0v) is 14.9. The highest BCUT2D eigenvalue weighted by Gasteiger charge is 2.41. The number of aromatic nitrogens is 3. The first-order valence-electron chi connectivity index (χ1n) is 8.88. The Bertz CT molecular complexity index is 815. The van der Waals surface area contributed by atoms with Gasteiger partial charge in [-0.25, -0.2) is 9.89 Å². The fourth-order valence-electron chi connectivity index (χ4n) is 3.34. The smallest absolute Gasteiger partial charge is 0.340 e. The lowest BCUT2D eigenvalue weighted by atomic mass is 9.91. The van der Waals surface area contributed by atoms with Crippen LogP contribution in [0.3, 0.4) is 0 Å². The highest BCUT2D eigenvalue weighted by atomic mass is 16.3. The van der Waals surface area contributed by atoms with Crippen LogP contribution in [0.1, 0.15) is 29.8 Å². The number of rotatable bonds is 7. The first kappa shape index (κ1) is 18.3. The Morgan fingerprint density at radius 2 is 2.23 bits per heavy atom. The topological polar surface area (TPSA) is 114 Å². The largest absolute Gasteiger partial charge is 0.379 e. The van der Waals surface area contributed by atoms with E-state index < -0.39 is 5.60 Å². The summed E-state index contributed by atoms with van der Waals surface area (Å²) >= 11 is 0. The predicted molar refractivity (Wildman–Crippen MR) is 96.6 cm³/mol. The normalized spacial score (nSPS) is 20.5. The molecule has 0 saturated carbocycles. The van der Waals surface area contributed by atoms with Crippen molar-refractivity contribution in [1.82, 2.24) is 25.4 Å². The maximum absolute atomic E-state index is 12.8. The Morgan fingerprint density at radius 1 is 1.38 bits per heavy atom. The second-order valence-electron chi connectivity index (χ2n) is 6.90. The Labute approximate surface area is 151 Å². The Hall–Kier alpha value is -2.45. The number of carbonyl (C=O) groups is 1. The molecule has 1 saturated heterocycles. The molecule has 1 aliphatic heterocycles. The molecule has 0 aliphatic carbocycles. The number of aromatic amines is 2. The van der Waals surface area contributed by atoms with E-state index in [0.717, 1.165) is 17.5 Å². The predicted octanol–water partition coefficient (Wildman–Crippen LogP) is 0.0922. The van der Waals surface area contributed by atoms with E-state index in [0.29, 0.717) is 38.3 Å². The van der Waals surface area contributed by atoms with Crippen molar-refractivity contribution < 1.29 is 9.90 Å². The van der Waals surface area contributed by atoms with Crippen molar-refractivity contribution in [2.75, 3.05) is 19.6 Å². The van der Waals surface area contributed by atoms with E-state index in [2.05, 4.69) is 26.6 Å². The van der Waals surface area contributed by atoms with Crippen molar-refractivity contribution in [3.63, 3.8) is 0 Å².